The normalized spacial score (nSPS) is 9.90. The van der Waals surface area contributed by atoms with Gasteiger partial charge in [-0.3, -0.25) is 5.41 Å². The number of nitrogens with one attached hydrogen (secondary N) is 3. The highest BCUT2D eigenvalue weighted by molar-refractivity contribution is 5.90. The number of rotatable bonds is 4. The molecule has 1 aromatic heterocycles. The maximum atomic E-state index is 7.90. The zero-order valence-electron chi connectivity index (χ0n) is 11.6. The second-order valence-corrected chi connectivity index (χ2v) is 4.33. The Morgan fingerprint density at radius 1 is 1.25 bits per heavy atom. The summed E-state index contributed by atoms with van der Waals surface area (Å²) in [6, 6.07) is 11.5. The number of pyridine rings is 1. The fraction of sp³-hybridized carbons (Fsp3) is 0.200. The van der Waals surface area contributed by atoms with Crippen LogP contribution in [0, 0.1) is 12.3 Å². The van der Waals surface area contributed by atoms with Gasteiger partial charge in [-0.25, -0.2) is 4.98 Å². The van der Waals surface area contributed by atoms with Crippen LogP contribution < -0.4 is 15.4 Å². The number of nitrogens with zero attached hydrogens (tertiary/aromatic N) is 1. The molecule has 1 heterocycles. The molecule has 0 aliphatic carbocycles. The van der Waals surface area contributed by atoms with Gasteiger partial charge in [-0.05, 0) is 24.6 Å². The van der Waals surface area contributed by atoms with E-state index >= 15 is 0 Å². The molecule has 0 amide bonds. The average molecular weight is 270 g/mol. The molecule has 0 spiro atoms. The van der Waals surface area contributed by atoms with E-state index < -0.39 is 0 Å². The molecular formula is C15H18N4O. The van der Waals surface area contributed by atoms with Crippen molar-refractivity contribution in [3.63, 3.8) is 0 Å². The second kappa shape index (κ2) is 6.56. The van der Waals surface area contributed by atoms with Gasteiger partial charge >= 0.3 is 0 Å². The quantitative estimate of drug-likeness (QED) is 0.590. The van der Waals surface area contributed by atoms with Crippen LogP contribution in [0.5, 0.6) is 5.75 Å². The number of methoxy groups -OCH3 is 1. The molecule has 2 aromatic rings. The zero-order valence-corrected chi connectivity index (χ0v) is 11.6. The van der Waals surface area contributed by atoms with Gasteiger partial charge in [-0.1, -0.05) is 24.3 Å². The highest BCUT2D eigenvalue weighted by Gasteiger charge is 2.04. The summed E-state index contributed by atoms with van der Waals surface area (Å²) in [5.41, 5.74) is 2.00. The number of ether oxygens (including phenoxy) is 1. The first-order valence-corrected chi connectivity index (χ1v) is 6.33. The number of hydrogen-bond donors (Lipinski definition) is 3. The SMILES string of the molecule is COc1ccccc1CNC(=N)Nc1ncccc1C. The third-order valence-corrected chi connectivity index (χ3v) is 2.90. The summed E-state index contributed by atoms with van der Waals surface area (Å²) in [6.45, 7) is 2.46. The van der Waals surface area contributed by atoms with Gasteiger partial charge in [0.25, 0.3) is 0 Å². The molecule has 3 N–H and O–H groups in total. The van der Waals surface area contributed by atoms with Gasteiger partial charge < -0.3 is 15.4 Å². The molecule has 5 heteroatoms. The summed E-state index contributed by atoms with van der Waals surface area (Å²) in [5, 5.41) is 13.8. The molecule has 0 saturated heterocycles. The van der Waals surface area contributed by atoms with Gasteiger partial charge in [0.2, 0.25) is 0 Å². The Morgan fingerprint density at radius 2 is 2.05 bits per heavy atom. The molecule has 2 rings (SSSR count). The van der Waals surface area contributed by atoms with Gasteiger partial charge in [0.15, 0.2) is 5.96 Å². The summed E-state index contributed by atoms with van der Waals surface area (Å²) in [6.07, 6.45) is 1.70. The molecule has 0 radical (unpaired) electrons. The Morgan fingerprint density at radius 3 is 2.80 bits per heavy atom. The first-order chi connectivity index (χ1) is 9.70. The standard InChI is InChI=1S/C15H18N4O/c1-11-6-5-9-17-14(11)19-15(16)18-10-12-7-3-4-8-13(12)20-2/h3-9H,10H2,1-2H3,(H3,16,17,18,19). The molecule has 0 fully saturated rings. The molecule has 0 unspecified atom stereocenters. The first kappa shape index (κ1) is 13.9. The Hall–Kier alpha value is -2.56. The predicted octanol–water partition coefficient (Wildman–Crippen LogP) is 2.54. The monoisotopic (exact) mass is 270 g/mol. The smallest absolute Gasteiger partial charge is 0.194 e. The van der Waals surface area contributed by atoms with Crippen molar-refractivity contribution in [1.29, 1.82) is 5.41 Å². The highest BCUT2D eigenvalue weighted by Crippen LogP contribution is 2.16. The number of guanidine groups is 1. The van der Waals surface area contributed by atoms with Crippen molar-refractivity contribution in [3.8, 4) is 5.75 Å². The number of aromatic nitrogens is 1. The van der Waals surface area contributed by atoms with E-state index in [1.807, 2.05) is 43.3 Å². The number of benzene rings is 1. The van der Waals surface area contributed by atoms with Crippen LogP contribution in [0.15, 0.2) is 42.6 Å². The minimum Gasteiger partial charge on any atom is -0.496 e. The molecule has 0 atom stereocenters. The Bertz CT molecular complexity index is 598. The highest BCUT2D eigenvalue weighted by atomic mass is 16.5. The van der Waals surface area contributed by atoms with Crippen molar-refractivity contribution in [2.45, 2.75) is 13.5 Å². The van der Waals surface area contributed by atoms with Crippen molar-refractivity contribution >= 4 is 11.8 Å². The fourth-order valence-corrected chi connectivity index (χ4v) is 1.81. The number of anilines is 1. The lowest BCUT2D eigenvalue weighted by Crippen LogP contribution is -2.29. The number of aryl methyl sites for hydroxylation is 1. The van der Waals surface area contributed by atoms with E-state index in [0.29, 0.717) is 12.4 Å². The average Bonchev–Trinajstić information content (AvgIpc) is 2.48. The topological polar surface area (TPSA) is 70.0 Å². The van der Waals surface area contributed by atoms with E-state index in [2.05, 4.69) is 15.6 Å². The van der Waals surface area contributed by atoms with E-state index in [4.69, 9.17) is 10.1 Å². The van der Waals surface area contributed by atoms with E-state index in [0.717, 1.165) is 16.9 Å². The summed E-state index contributed by atoms with van der Waals surface area (Å²) >= 11 is 0. The predicted molar refractivity (Wildman–Crippen MR) is 80.2 cm³/mol. The van der Waals surface area contributed by atoms with Crippen LogP contribution >= 0.6 is 0 Å². The van der Waals surface area contributed by atoms with Crippen molar-refractivity contribution in [2.75, 3.05) is 12.4 Å². The van der Waals surface area contributed by atoms with Gasteiger partial charge in [0, 0.05) is 18.3 Å². The van der Waals surface area contributed by atoms with Crippen LogP contribution in [0.25, 0.3) is 0 Å². The third kappa shape index (κ3) is 3.47. The second-order valence-electron chi connectivity index (χ2n) is 4.33. The molecule has 0 bridgehead atoms. The zero-order chi connectivity index (χ0) is 14.4. The van der Waals surface area contributed by atoms with E-state index in [-0.39, 0.29) is 5.96 Å². The third-order valence-electron chi connectivity index (χ3n) is 2.90. The maximum Gasteiger partial charge on any atom is 0.194 e. The minimum atomic E-state index is 0.206. The lowest BCUT2D eigenvalue weighted by molar-refractivity contribution is 0.409. The van der Waals surface area contributed by atoms with E-state index in [1.165, 1.54) is 0 Å². The minimum absolute atomic E-state index is 0.206. The Balaban J connectivity index is 1.94. The molecule has 1 aromatic carbocycles. The van der Waals surface area contributed by atoms with Crippen molar-refractivity contribution in [1.82, 2.24) is 10.3 Å². The molecule has 104 valence electrons. The lowest BCUT2D eigenvalue weighted by atomic mass is 10.2. The van der Waals surface area contributed by atoms with Crippen LogP contribution in [0.1, 0.15) is 11.1 Å². The van der Waals surface area contributed by atoms with Crippen LogP contribution in [-0.4, -0.2) is 18.1 Å². The summed E-state index contributed by atoms with van der Waals surface area (Å²) < 4.78 is 5.27. The van der Waals surface area contributed by atoms with Gasteiger partial charge in [-0.2, -0.15) is 0 Å². The summed E-state index contributed by atoms with van der Waals surface area (Å²) in [7, 11) is 1.64. The molecule has 5 nitrogen and oxygen atoms in total. The lowest BCUT2D eigenvalue weighted by Gasteiger charge is -2.13. The van der Waals surface area contributed by atoms with Crippen molar-refractivity contribution in [3.05, 3.63) is 53.7 Å². The maximum absolute atomic E-state index is 7.90. The van der Waals surface area contributed by atoms with Crippen molar-refractivity contribution < 1.29 is 4.74 Å². The van der Waals surface area contributed by atoms with Crippen LogP contribution in [-0.2, 0) is 6.54 Å². The van der Waals surface area contributed by atoms with E-state index in [9.17, 15) is 0 Å². The summed E-state index contributed by atoms with van der Waals surface area (Å²) in [5.74, 6) is 1.70. The van der Waals surface area contributed by atoms with Crippen LogP contribution in [0.2, 0.25) is 0 Å². The largest absolute Gasteiger partial charge is 0.496 e. The van der Waals surface area contributed by atoms with E-state index in [1.54, 1.807) is 13.3 Å². The van der Waals surface area contributed by atoms with Gasteiger partial charge in [0.1, 0.15) is 11.6 Å². The Labute approximate surface area is 118 Å². The molecular weight excluding hydrogens is 252 g/mol. The molecule has 0 saturated carbocycles. The summed E-state index contributed by atoms with van der Waals surface area (Å²) in [4.78, 5) is 4.19. The number of hydrogen-bond acceptors (Lipinski definition) is 3. The molecule has 20 heavy (non-hydrogen) atoms. The van der Waals surface area contributed by atoms with Crippen LogP contribution in [0.4, 0.5) is 5.82 Å². The first-order valence-electron chi connectivity index (χ1n) is 6.33. The van der Waals surface area contributed by atoms with Crippen molar-refractivity contribution in [2.24, 2.45) is 0 Å². The van der Waals surface area contributed by atoms with Gasteiger partial charge in [0.05, 0.1) is 7.11 Å². The Kier molecular flexibility index (Phi) is 4.55. The number of para-hydroxylation sites is 1. The fourth-order valence-electron chi connectivity index (χ4n) is 1.81. The van der Waals surface area contributed by atoms with Gasteiger partial charge in [-0.15, -0.1) is 0 Å². The van der Waals surface area contributed by atoms with Crippen LogP contribution in [0.3, 0.4) is 0 Å². The molecule has 0 aliphatic rings. The molecule has 0 aliphatic heterocycles.